The van der Waals surface area contributed by atoms with Crippen LogP contribution in [0, 0.1) is 0 Å². The maximum Gasteiger partial charge on any atom is 0.154 e. The number of rotatable bonds is 3. The van der Waals surface area contributed by atoms with Gasteiger partial charge in [0.15, 0.2) is 7.28 Å². The van der Waals surface area contributed by atoms with Crippen molar-refractivity contribution in [3.05, 3.63) is 90.5 Å². The van der Waals surface area contributed by atoms with E-state index < -0.39 is 0 Å². The number of aromatic nitrogens is 2. The lowest BCUT2D eigenvalue weighted by atomic mass is 9.72. The molecule has 0 unspecified atom stereocenters. The number of hydrogen-bond donors (Lipinski definition) is 1. The third kappa shape index (κ3) is 3.90. The van der Waals surface area contributed by atoms with E-state index in [0.29, 0.717) is 0 Å². The molecule has 5 aromatic carbocycles. The fraction of sp³-hybridized carbons (Fsp3) is 0.156. The van der Waals surface area contributed by atoms with Gasteiger partial charge >= 0.3 is 0 Å². The van der Waals surface area contributed by atoms with Gasteiger partial charge in [-0.15, -0.1) is 0 Å². The van der Waals surface area contributed by atoms with Crippen LogP contribution in [0.15, 0.2) is 84.9 Å². The van der Waals surface area contributed by atoms with Crippen molar-refractivity contribution in [2.45, 2.75) is 33.0 Å². The number of imidazole rings is 1. The predicted molar refractivity (Wildman–Crippen MR) is 163 cm³/mol. The molecule has 0 aliphatic rings. The zero-order valence-electron chi connectivity index (χ0n) is 22.1. The molecule has 6 rings (SSSR count). The number of benzene rings is 5. The van der Waals surface area contributed by atoms with E-state index in [-0.39, 0.29) is 11.2 Å². The van der Waals surface area contributed by atoms with Crippen LogP contribution in [0.1, 0.15) is 26.3 Å². The molecule has 0 bridgehead atoms. The molecule has 1 aromatic heterocycles. The molecule has 6 aromatic rings. The van der Waals surface area contributed by atoms with Crippen LogP contribution in [0.3, 0.4) is 0 Å². The van der Waals surface area contributed by atoms with E-state index in [1.54, 1.807) is 12.1 Å². The molecule has 1 heterocycles. The molecule has 0 aliphatic heterocycles. The van der Waals surface area contributed by atoms with Crippen LogP contribution in [-0.2, 0) is 5.41 Å². The van der Waals surface area contributed by atoms with Crippen LogP contribution < -0.4 is 10.9 Å². The van der Waals surface area contributed by atoms with Crippen molar-refractivity contribution in [2.24, 2.45) is 0 Å². The van der Waals surface area contributed by atoms with Gasteiger partial charge in [-0.2, -0.15) is 0 Å². The summed E-state index contributed by atoms with van der Waals surface area (Å²) < 4.78 is 2.30. The fourth-order valence-corrected chi connectivity index (χ4v) is 5.35. The van der Waals surface area contributed by atoms with Crippen LogP contribution in [0.2, 0.25) is 6.82 Å². The molecular formula is C32H30B2N2O. The summed E-state index contributed by atoms with van der Waals surface area (Å²) in [4.78, 5) is 5.32. The maximum absolute atomic E-state index is 9.98. The SMILES string of the molecule is Bc1ccc2c3ccc(BC)cc3c3nc(-c4ccc(O)cc4)n(-c4ccc(C(C)(C)C)cc4)c3c2c1. The summed E-state index contributed by atoms with van der Waals surface area (Å²) in [5, 5.41) is 14.8. The normalized spacial score (nSPS) is 12.0. The molecule has 0 atom stereocenters. The summed E-state index contributed by atoms with van der Waals surface area (Å²) in [5.41, 5.74) is 8.06. The van der Waals surface area contributed by atoms with Gasteiger partial charge in [0.25, 0.3) is 0 Å². The molecular weight excluding hydrogens is 450 g/mol. The van der Waals surface area contributed by atoms with Crippen LogP contribution in [-0.4, -0.2) is 29.8 Å². The van der Waals surface area contributed by atoms with Crippen molar-refractivity contribution in [1.29, 1.82) is 0 Å². The van der Waals surface area contributed by atoms with Crippen molar-refractivity contribution < 1.29 is 5.11 Å². The second-order valence-corrected chi connectivity index (χ2v) is 11.1. The zero-order chi connectivity index (χ0) is 25.9. The molecule has 0 saturated heterocycles. The third-order valence-corrected chi connectivity index (χ3v) is 7.46. The van der Waals surface area contributed by atoms with Gasteiger partial charge in [-0.25, -0.2) is 4.98 Å². The summed E-state index contributed by atoms with van der Waals surface area (Å²) in [6.07, 6.45) is 0. The van der Waals surface area contributed by atoms with E-state index in [0.717, 1.165) is 35.4 Å². The van der Waals surface area contributed by atoms with E-state index in [1.165, 1.54) is 38.0 Å². The van der Waals surface area contributed by atoms with Crippen molar-refractivity contribution in [3.63, 3.8) is 0 Å². The van der Waals surface area contributed by atoms with E-state index in [4.69, 9.17) is 4.98 Å². The molecule has 0 aliphatic carbocycles. The van der Waals surface area contributed by atoms with Crippen LogP contribution in [0.25, 0.3) is 49.7 Å². The highest BCUT2D eigenvalue weighted by Crippen LogP contribution is 2.39. The highest BCUT2D eigenvalue weighted by molar-refractivity contribution is 6.52. The van der Waals surface area contributed by atoms with E-state index in [2.05, 4.69) is 101 Å². The van der Waals surface area contributed by atoms with Crippen molar-refractivity contribution in [3.8, 4) is 22.8 Å². The molecule has 37 heavy (non-hydrogen) atoms. The van der Waals surface area contributed by atoms with Gasteiger partial charge in [-0.05, 0) is 58.1 Å². The minimum absolute atomic E-state index is 0.0753. The topological polar surface area (TPSA) is 38.1 Å². The van der Waals surface area contributed by atoms with Gasteiger partial charge in [-0.1, -0.05) is 87.1 Å². The zero-order valence-corrected chi connectivity index (χ0v) is 22.1. The van der Waals surface area contributed by atoms with Gasteiger partial charge < -0.3 is 5.11 Å². The third-order valence-electron chi connectivity index (χ3n) is 7.46. The predicted octanol–water partition coefficient (Wildman–Crippen LogP) is 5.37. The Morgan fingerprint density at radius 3 is 2.14 bits per heavy atom. The van der Waals surface area contributed by atoms with Crippen molar-refractivity contribution in [2.75, 3.05) is 0 Å². The Hall–Kier alpha value is -3.98. The smallest absolute Gasteiger partial charge is 0.154 e. The van der Waals surface area contributed by atoms with E-state index in [9.17, 15) is 5.11 Å². The molecule has 0 amide bonds. The number of phenolic OH excluding ortho intramolecular Hbond substituents is 1. The standard InChI is InChI=1S/C32H30B2N2O/c1-32(2,3)20-7-11-23(12-8-20)36-30-28-17-21(33)9-15-26(28)25-16-10-22(34-4)18-27(25)29(30)35-31(36)19-5-13-24(37)14-6-19/h5-18,34,37H,33H2,1-4H3. The van der Waals surface area contributed by atoms with Crippen LogP contribution in [0.4, 0.5) is 0 Å². The van der Waals surface area contributed by atoms with Gasteiger partial charge in [0, 0.05) is 22.0 Å². The second-order valence-electron chi connectivity index (χ2n) is 11.1. The van der Waals surface area contributed by atoms with E-state index in [1.807, 2.05) is 12.1 Å². The van der Waals surface area contributed by atoms with Crippen LogP contribution >= 0.6 is 0 Å². The first kappa shape index (κ1) is 23.4. The lowest BCUT2D eigenvalue weighted by Crippen LogP contribution is -2.11. The number of phenols is 1. The van der Waals surface area contributed by atoms with Gasteiger partial charge in [0.2, 0.25) is 0 Å². The molecule has 5 heteroatoms. The Morgan fingerprint density at radius 2 is 1.46 bits per heavy atom. The highest BCUT2D eigenvalue weighted by atomic mass is 16.3. The molecule has 1 N–H and O–H groups in total. The largest absolute Gasteiger partial charge is 0.508 e. The lowest BCUT2D eigenvalue weighted by Gasteiger charge is -2.20. The van der Waals surface area contributed by atoms with Gasteiger partial charge in [0.1, 0.15) is 19.4 Å². The Morgan fingerprint density at radius 1 is 0.784 bits per heavy atom. The Labute approximate surface area is 219 Å². The number of fused-ring (bicyclic) bond motifs is 6. The van der Waals surface area contributed by atoms with Gasteiger partial charge in [0.05, 0.1) is 11.0 Å². The number of hydrogen-bond acceptors (Lipinski definition) is 2. The molecule has 0 radical (unpaired) electrons. The second kappa shape index (κ2) is 8.55. The minimum Gasteiger partial charge on any atom is -0.508 e. The Bertz CT molecular complexity index is 1790. The summed E-state index contributed by atoms with van der Waals surface area (Å²) in [5.74, 6) is 1.12. The highest BCUT2D eigenvalue weighted by Gasteiger charge is 2.21. The first-order valence-corrected chi connectivity index (χ1v) is 13.0. The Balaban J connectivity index is 1.80. The molecule has 0 saturated carbocycles. The minimum atomic E-state index is 0.0753. The monoisotopic (exact) mass is 480 g/mol. The molecule has 0 spiro atoms. The van der Waals surface area contributed by atoms with Gasteiger partial charge in [-0.3, -0.25) is 4.57 Å². The van der Waals surface area contributed by atoms with Crippen molar-refractivity contribution in [1.82, 2.24) is 9.55 Å². The fourth-order valence-electron chi connectivity index (χ4n) is 5.35. The molecule has 180 valence electrons. The summed E-state index contributed by atoms with van der Waals surface area (Å²) >= 11 is 0. The maximum atomic E-state index is 9.98. The summed E-state index contributed by atoms with van der Waals surface area (Å²) in [6.45, 7) is 8.92. The average molecular weight is 480 g/mol. The lowest BCUT2D eigenvalue weighted by molar-refractivity contribution is 0.475. The first-order valence-electron chi connectivity index (χ1n) is 13.0. The van der Waals surface area contributed by atoms with Crippen LogP contribution in [0.5, 0.6) is 5.75 Å². The summed E-state index contributed by atoms with van der Waals surface area (Å²) in [6, 6.07) is 29.8. The molecule has 3 nitrogen and oxygen atoms in total. The first-order chi connectivity index (χ1) is 17.7. The van der Waals surface area contributed by atoms with Crippen molar-refractivity contribution >= 4 is 58.6 Å². The quantitative estimate of drug-likeness (QED) is 0.273. The number of aromatic hydroxyl groups is 1. The number of nitrogens with zero attached hydrogens (tertiary/aromatic N) is 2. The average Bonchev–Trinajstić information content (AvgIpc) is 3.29. The van der Waals surface area contributed by atoms with E-state index >= 15 is 0 Å². The summed E-state index contributed by atoms with van der Waals surface area (Å²) in [7, 11) is 3.12. The molecule has 0 fully saturated rings. The Kier molecular flexibility index (Phi) is 5.41.